The molecule has 1 N–H and O–H groups in total. The number of benzene rings is 1. The summed E-state index contributed by atoms with van der Waals surface area (Å²) in [4.78, 5) is 23.0. The average molecular weight is 324 g/mol. The summed E-state index contributed by atoms with van der Waals surface area (Å²) in [5, 5.41) is 1.02. The third kappa shape index (κ3) is 2.96. The van der Waals surface area contributed by atoms with E-state index in [0.717, 1.165) is 35.9 Å². The minimum absolute atomic E-state index is 0.0343. The Bertz CT molecular complexity index is 887. The van der Waals surface area contributed by atoms with E-state index in [0.29, 0.717) is 5.52 Å². The number of rotatable bonds is 4. The number of H-pyrrole nitrogens is 1. The molecule has 0 atom stereocenters. The molecule has 0 aliphatic carbocycles. The predicted molar refractivity (Wildman–Crippen MR) is 97.4 cm³/mol. The fourth-order valence-electron chi connectivity index (χ4n) is 3.72. The molecule has 1 saturated heterocycles. The molecule has 5 nitrogen and oxygen atoms in total. The predicted octanol–water partition coefficient (Wildman–Crippen LogP) is 3.14. The van der Waals surface area contributed by atoms with Crippen LogP contribution in [-0.4, -0.2) is 39.1 Å². The van der Waals surface area contributed by atoms with Crippen molar-refractivity contribution in [3.63, 3.8) is 0 Å². The topological polar surface area (TPSA) is 53.9 Å². The van der Waals surface area contributed by atoms with Gasteiger partial charge in [-0.05, 0) is 45.0 Å². The monoisotopic (exact) mass is 324 g/mol. The highest BCUT2D eigenvalue weighted by Gasteiger charge is 2.11. The fourth-order valence-corrected chi connectivity index (χ4v) is 3.72. The van der Waals surface area contributed by atoms with E-state index in [-0.39, 0.29) is 5.56 Å². The summed E-state index contributed by atoms with van der Waals surface area (Å²) in [6.07, 6.45) is 8.03. The van der Waals surface area contributed by atoms with Crippen LogP contribution in [0.15, 0.2) is 35.4 Å². The van der Waals surface area contributed by atoms with Crippen molar-refractivity contribution in [2.75, 3.05) is 19.6 Å². The Labute approximate surface area is 141 Å². The minimum Gasteiger partial charge on any atom is -0.349 e. The lowest BCUT2D eigenvalue weighted by molar-refractivity contribution is 0.275. The molecule has 0 spiro atoms. The van der Waals surface area contributed by atoms with Gasteiger partial charge in [-0.15, -0.1) is 0 Å². The van der Waals surface area contributed by atoms with Gasteiger partial charge >= 0.3 is 0 Å². The number of likely N-dealkylation sites (tertiary alicyclic amines) is 1. The average Bonchev–Trinajstić information content (AvgIpc) is 2.79. The van der Waals surface area contributed by atoms with Crippen LogP contribution in [0, 0.1) is 0 Å². The van der Waals surface area contributed by atoms with Crippen LogP contribution in [0.1, 0.15) is 32.1 Å². The summed E-state index contributed by atoms with van der Waals surface area (Å²) in [5.74, 6) is 0. The summed E-state index contributed by atoms with van der Waals surface area (Å²) in [5.41, 5.74) is 2.40. The van der Waals surface area contributed by atoms with Crippen molar-refractivity contribution in [1.29, 1.82) is 0 Å². The Kier molecular flexibility index (Phi) is 4.34. The maximum Gasteiger partial charge on any atom is 0.277 e. The second kappa shape index (κ2) is 6.77. The van der Waals surface area contributed by atoms with Gasteiger partial charge in [0.25, 0.3) is 5.56 Å². The molecule has 5 heteroatoms. The Morgan fingerprint density at radius 1 is 1.04 bits per heavy atom. The third-order valence-corrected chi connectivity index (χ3v) is 5.05. The molecule has 0 unspecified atom stereocenters. The summed E-state index contributed by atoms with van der Waals surface area (Å²) in [7, 11) is 0. The highest BCUT2D eigenvalue weighted by molar-refractivity contribution is 6.04. The van der Waals surface area contributed by atoms with Crippen molar-refractivity contribution in [2.24, 2.45) is 0 Å². The molecule has 4 rings (SSSR count). The highest BCUT2D eigenvalue weighted by atomic mass is 16.1. The lowest BCUT2D eigenvalue weighted by Gasteiger charge is -2.19. The zero-order chi connectivity index (χ0) is 16.4. The standard InChI is InChI=1S/C19H24N4O/c24-19-18-17(15-8-3-4-9-16(15)21-18)20-14-23(19)13-7-12-22-10-5-1-2-6-11-22/h3-4,8-9,14,21H,1-2,5-7,10-13H2. The van der Waals surface area contributed by atoms with E-state index >= 15 is 0 Å². The van der Waals surface area contributed by atoms with Crippen LogP contribution in [0.2, 0.25) is 0 Å². The Hall–Kier alpha value is -2.14. The summed E-state index contributed by atoms with van der Waals surface area (Å²) in [6.45, 7) is 4.20. The zero-order valence-corrected chi connectivity index (χ0v) is 14.0. The number of aryl methyl sites for hydroxylation is 1. The number of hydrogen-bond donors (Lipinski definition) is 1. The molecule has 0 bridgehead atoms. The van der Waals surface area contributed by atoms with Gasteiger partial charge in [-0.3, -0.25) is 9.36 Å². The molecule has 24 heavy (non-hydrogen) atoms. The van der Waals surface area contributed by atoms with E-state index in [1.54, 1.807) is 10.9 Å². The van der Waals surface area contributed by atoms with E-state index in [1.807, 2.05) is 24.3 Å². The lowest BCUT2D eigenvalue weighted by atomic mass is 10.2. The van der Waals surface area contributed by atoms with Gasteiger partial charge in [0.05, 0.1) is 6.33 Å². The lowest BCUT2D eigenvalue weighted by Crippen LogP contribution is -2.28. The molecule has 3 aromatic rings. The number of para-hydroxylation sites is 1. The van der Waals surface area contributed by atoms with Crippen LogP contribution >= 0.6 is 0 Å². The van der Waals surface area contributed by atoms with Crippen LogP contribution in [0.3, 0.4) is 0 Å². The van der Waals surface area contributed by atoms with Crippen molar-refractivity contribution >= 4 is 21.9 Å². The van der Waals surface area contributed by atoms with E-state index in [1.165, 1.54) is 38.8 Å². The van der Waals surface area contributed by atoms with Crippen molar-refractivity contribution in [3.05, 3.63) is 40.9 Å². The van der Waals surface area contributed by atoms with E-state index < -0.39 is 0 Å². The minimum atomic E-state index is 0.0343. The maximum absolute atomic E-state index is 12.7. The molecule has 3 heterocycles. The van der Waals surface area contributed by atoms with Gasteiger partial charge in [0.2, 0.25) is 0 Å². The van der Waals surface area contributed by atoms with Crippen LogP contribution in [0.5, 0.6) is 0 Å². The molecule has 1 aliphatic heterocycles. The second-order valence-electron chi connectivity index (χ2n) is 6.75. The van der Waals surface area contributed by atoms with Crippen LogP contribution in [-0.2, 0) is 6.54 Å². The maximum atomic E-state index is 12.7. The molecule has 1 fully saturated rings. The van der Waals surface area contributed by atoms with Crippen molar-refractivity contribution in [3.8, 4) is 0 Å². The molecule has 2 aromatic heterocycles. The van der Waals surface area contributed by atoms with Crippen LogP contribution in [0.25, 0.3) is 21.9 Å². The van der Waals surface area contributed by atoms with Gasteiger partial charge in [0.1, 0.15) is 11.0 Å². The quantitative estimate of drug-likeness (QED) is 0.802. The Balaban J connectivity index is 1.51. The van der Waals surface area contributed by atoms with Gasteiger partial charge < -0.3 is 9.88 Å². The SMILES string of the molecule is O=c1c2[nH]c3ccccc3c2ncn1CCCN1CCCCCC1. The zero-order valence-electron chi connectivity index (χ0n) is 14.0. The third-order valence-electron chi connectivity index (χ3n) is 5.05. The van der Waals surface area contributed by atoms with E-state index in [4.69, 9.17) is 0 Å². The van der Waals surface area contributed by atoms with Gasteiger partial charge in [-0.2, -0.15) is 0 Å². The number of nitrogens with zero attached hydrogens (tertiary/aromatic N) is 3. The summed E-state index contributed by atoms with van der Waals surface area (Å²) in [6, 6.07) is 7.94. The number of fused-ring (bicyclic) bond motifs is 3. The van der Waals surface area contributed by atoms with Gasteiger partial charge in [0, 0.05) is 17.4 Å². The molecule has 1 aliphatic rings. The largest absolute Gasteiger partial charge is 0.349 e. The van der Waals surface area contributed by atoms with Crippen molar-refractivity contribution in [2.45, 2.75) is 38.6 Å². The first kappa shape index (κ1) is 15.4. The van der Waals surface area contributed by atoms with Gasteiger partial charge in [-0.25, -0.2) is 4.98 Å². The van der Waals surface area contributed by atoms with Crippen molar-refractivity contribution < 1.29 is 0 Å². The molecule has 126 valence electrons. The van der Waals surface area contributed by atoms with Gasteiger partial charge in [-0.1, -0.05) is 31.0 Å². The van der Waals surface area contributed by atoms with Crippen LogP contribution in [0.4, 0.5) is 0 Å². The second-order valence-corrected chi connectivity index (χ2v) is 6.75. The van der Waals surface area contributed by atoms with Gasteiger partial charge in [0.15, 0.2) is 0 Å². The summed E-state index contributed by atoms with van der Waals surface area (Å²) >= 11 is 0. The molecular formula is C19H24N4O. The molecular weight excluding hydrogens is 300 g/mol. The van der Waals surface area contributed by atoms with E-state index in [2.05, 4.69) is 14.9 Å². The Morgan fingerprint density at radius 2 is 1.83 bits per heavy atom. The first-order valence-electron chi connectivity index (χ1n) is 9.01. The smallest absolute Gasteiger partial charge is 0.277 e. The fraction of sp³-hybridized carbons (Fsp3) is 0.474. The number of aromatic amines is 1. The molecule has 0 amide bonds. The van der Waals surface area contributed by atoms with Crippen LogP contribution < -0.4 is 5.56 Å². The van der Waals surface area contributed by atoms with Crippen molar-refractivity contribution in [1.82, 2.24) is 19.4 Å². The number of aromatic nitrogens is 3. The number of hydrogen-bond acceptors (Lipinski definition) is 3. The summed E-state index contributed by atoms with van der Waals surface area (Å²) < 4.78 is 1.75. The van der Waals surface area contributed by atoms with E-state index in [9.17, 15) is 4.79 Å². The highest BCUT2D eigenvalue weighted by Crippen LogP contribution is 2.20. The molecule has 0 radical (unpaired) electrons. The first-order valence-corrected chi connectivity index (χ1v) is 9.01. The molecule has 0 saturated carbocycles. The molecule has 1 aromatic carbocycles. The first-order chi connectivity index (χ1) is 11.8. The number of nitrogens with one attached hydrogen (secondary N) is 1. The normalized spacial score (nSPS) is 16.7. The Morgan fingerprint density at radius 3 is 2.67 bits per heavy atom.